The van der Waals surface area contributed by atoms with E-state index in [9.17, 15) is 24.8 Å². The Labute approximate surface area is 222 Å². The average molecular weight is 544 g/mol. The Hall–Kier alpha value is -4.72. The summed E-state index contributed by atoms with van der Waals surface area (Å²) in [6.45, 7) is 3.17. The molecular weight excluding hydrogens is 518 g/mol. The number of nitrogens with one attached hydrogen (secondary N) is 3. The number of methoxy groups -OCH3 is 1. The lowest BCUT2D eigenvalue weighted by molar-refractivity contribution is -0.386. The Morgan fingerprint density at radius 3 is 2.71 bits per heavy atom. The highest BCUT2D eigenvalue weighted by Crippen LogP contribution is 2.36. The monoisotopic (exact) mass is 543 g/mol. The fourth-order valence-corrected chi connectivity index (χ4v) is 3.87. The van der Waals surface area contributed by atoms with Crippen molar-refractivity contribution in [1.82, 2.24) is 16.1 Å². The molecule has 200 valence electrons. The van der Waals surface area contributed by atoms with Gasteiger partial charge in [-0.05, 0) is 38.2 Å². The maximum Gasteiger partial charge on any atom is 0.338 e. The van der Waals surface area contributed by atoms with Crippen LogP contribution >= 0.6 is 12.2 Å². The van der Waals surface area contributed by atoms with Crippen molar-refractivity contribution in [2.24, 2.45) is 5.10 Å². The normalized spacial score (nSPS) is 14.9. The van der Waals surface area contributed by atoms with Gasteiger partial charge in [0, 0.05) is 22.9 Å². The number of ether oxygens (including phenoxy) is 3. The number of carbonyl (C=O) groups excluding carboxylic acids is 2. The van der Waals surface area contributed by atoms with Crippen LogP contribution in [0, 0.1) is 10.1 Å². The number of amides is 1. The Balaban J connectivity index is 1.73. The molecule has 0 aromatic heterocycles. The van der Waals surface area contributed by atoms with Gasteiger partial charge in [0.2, 0.25) is 5.75 Å². The fourth-order valence-electron chi connectivity index (χ4n) is 3.59. The van der Waals surface area contributed by atoms with Crippen LogP contribution in [-0.2, 0) is 14.3 Å². The van der Waals surface area contributed by atoms with Crippen LogP contribution in [-0.4, -0.2) is 53.6 Å². The van der Waals surface area contributed by atoms with Crippen molar-refractivity contribution in [2.45, 2.75) is 19.9 Å². The van der Waals surface area contributed by atoms with Crippen molar-refractivity contribution in [3.05, 3.63) is 68.9 Å². The van der Waals surface area contributed by atoms with Crippen LogP contribution in [0.5, 0.6) is 17.2 Å². The summed E-state index contributed by atoms with van der Waals surface area (Å²) < 4.78 is 15.8. The maximum absolute atomic E-state index is 12.6. The number of phenolic OH excluding ortho intramolecular Hbond substituents is 1. The van der Waals surface area contributed by atoms with Crippen molar-refractivity contribution in [2.75, 3.05) is 20.3 Å². The predicted octanol–water partition coefficient (Wildman–Crippen LogP) is 2.19. The lowest BCUT2D eigenvalue weighted by Gasteiger charge is -2.30. The third kappa shape index (κ3) is 6.53. The molecule has 4 N–H and O–H groups in total. The van der Waals surface area contributed by atoms with Crippen LogP contribution in [0.2, 0.25) is 0 Å². The largest absolute Gasteiger partial charge is 0.500 e. The molecule has 0 spiro atoms. The number of aromatic hydroxyl groups is 1. The minimum Gasteiger partial charge on any atom is -0.500 e. The molecule has 2 aromatic rings. The first-order chi connectivity index (χ1) is 18.2. The molecule has 13 nitrogen and oxygen atoms in total. The molecule has 1 aliphatic rings. The highest BCUT2D eigenvalue weighted by molar-refractivity contribution is 7.80. The topological polar surface area (TPSA) is 174 Å². The lowest BCUT2D eigenvalue weighted by Crippen LogP contribution is -2.45. The van der Waals surface area contributed by atoms with Crippen molar-refractivity contribution in [3.8, 4) is 17.2 Å². The molecule has 0 radical (unpaired) electrons. The van der Waals surface area contributed by atoms with E-state index in [-0.39, 0.29) is 17.9 Å². The second kappa shape index (κ2) is 12.5. The van der Waals surface area contributed by atoms with Gasteiger partial charge in [0.25, 0.3) is 5.91 Å². The van der Waals surface area contributed by atoms with E-state index in [4.69, 9.17) is 26.4 Å². The molecular formula is C24H25N5O8S. The van der Waals surface area contributed by atoms with Crippen LogP contribution in [0.1, 0.15) is 31.0 Å². The van der Waals surface area contributed by atoms with E-state index in [0.29, 0.717) is 27.7 Å². The highest BCUT2D eigenvalue weighted by Gasteiger charge is 2.32. The Morgan fingerprint density at radius 1 is 1.29 bits per heavy atom. The van der Waals surface area contributed by atoms with Gasteiger partial charge in [0.05, 0.1) is 36.5 Å². The van der Waals surface area contributed by atoms with Crippen LogP contribution in [0.4, 0.5) is 5.69 Å². The number of nitro groups is 1. The van der Waals surface area contributed by atoms with Gasteiger partial charge >= 0.3 is 11.7 Å². The van der Waals surface area contributed by atoms with Gasteiger partial charge in [-0.25, -0.2) is 10.2 Å². The molecule has 1 heterocycles. The van der Waals surface area contributed by atoms with Gasteiger partial charge in [0.1, 0.15) is 5.75 Å². The average Bonchev–Trinajstić information content (AvgIpc) is 2.87. The first kappa shape index (κ1) is 27.9. The molecule has 0 bridgehead atoms. The molecule has 0 saturated carbocycles. The number of hydrazone groups is 1. The van der Waals surface area contributed by atoms with E-state index in [2.05, 4.69) is 21.2 Å². The van der Waals surface area contributed by atoms with Gasteiger partial charge in [0.15, 0.2) is 17.5 Å². The van der Waals surface area contributed by atoms with Crippen LogP contribution < -0.4 is 25.5 Å². The summed E-state index contributed by atoms with van der Waals surface area (Å²) in [5.74, 6) is -1.56. The van der Waals surface area contributed by atoms with Crippen LogP contribution in [0.3, 0.4) is 0 Å². The number of esters is 1. The highest BCUT2D eigenvalue weighted by atomic mass is 32.1. The number of hydrogen-bond acceptors (Lipinski definition) is 10. The summed E-state index contributed by atoms with van der Waals surface area (Å²) in [5.41, 5.74) is 3.30. The molecule has 2 aromatic carbocycles. The smallest absolute Gasteiger partial charge is 0.338 e. The molecule has 1 amide bonds. The molecule has 14 heteroatoms. The zero-order valence-corrected chi connectivity index (χ0v) is 21.5. The van der Waals surface area contributed by atoms with E-state index < -0.39 is 40.9 Å². The number of hydrogen-bond donors (Lipinski definition) is 4. The zero-order chi connectivity index (χ0) is 27.8. The quantitative estimate of drug-likeness (QED) is 0.114. The summed E-state index contributed by atoms with van der Waals surface area (Å²) in [6, 6.07) is 8.54. The second-order valence-corrected chi connectivity index (χ2v) is 8.17. The summed E-state index contributed by atoms with van der Waals surface area (Å²) >= 11 is 5.26. The summed E-state index contributed by atoms with van der Waals surface area (Å²) in [5, 5.41) is 31.0. The molecule has 0 aliphatic carbocycles. The van der Waals surface area contributed by atoms with Gasteiger partial charge in [-0.2, -0.15) is 5.10 Å². The number of rotatable bonds is 10. The van der Waals surface area contributed by atoms with E-state index >= 15 is 0 Å². The molecule has 3 rings (SSSR count). The zero-order valence-electron chi connectivity index (χ0n) is 20.6. The van der Waals surface area contributed by atoms with Crippen molar-refractivity contribution in [1.29, 1.82) is 0 Å². The molecule has 0 unspecified atom stereocenters. The van der Waals surface area contributed by atoms with Gasteiger partial charge in [-0.3, -0.25) is 14.9 Å². The molecule has 1 atom stereocenters. The molecule has 0 fully saturated rings. The first-order valence-electron chi connectivity index (χ1n) is 11.2. The second-order valence-electron chi connectivity index (χ2n) is 7.76. The first-order valence-corrected chi connectivity index (χ1v) is 11.6. The number of nitrogens with zero attached hydrogens (tertiary/aromatic N) is 2. The number of phenols is 1. The molecule has 0 saturated heterocycles. The van der Waals surface area contributed by atoms with Gasteiger partial charge in [-0.1, -0.05) is 18.2 Å². The number of benzene rings is 2. The van der Waals surface area contributed by atoms with Crippen molar-refractivity contribution >= 4 is 41.1 Å². The van der Waals surface area contributed by atoms with Crippen molar-refractivity contribution in [3.63, 3.8) is 0 Å². The lowest BCUT2D eigenvalue weighted by atomic mass is 9.95. The number of nitro benzene ring substituents is 1. The van der Waals surface area contributed by atoms with E-state index in [1.54, 1.807) is 38.1 Å². The third-order valence-corrected chi connectivity index (χ3v) is 5.47. The number of para-hydroxylation sites is 1. The number of thiocarbonyl (C=S) groups is 1. The SMILES string of the molecule is CCOC(=O)C1=C(C)NC(=S)N[C@H]1c1ccccc1OCC(=O)NN=Cc1cc(OC)c(O)c([N+](=O)[O-])c1. The third-order valence-electron chi connectivity index (χ3n) is 5.25. The minimum absolute atomic E-state index is 0.121. The fraction of sp³-hybridized carbons (Fsp3) is 0.250. The van der Waals surface area contributed by atoms with Gasteiger partial charge in [-0.15, -0.1) is 0 Å². The number of carbonyl (C=O) groups is 2. The van der Waals surface area contributed by atoms with Crippen LogP contribution in [0.25, 0.3) is 0 Å². The summed E-state index contributed by atoms with van der Waals surface area (Å²) in [4.78, 5) is 35.4. The summed E-state index contributed by atoms with van der Waals surface area (Å²) in [7, 11) is 1.25. The van der Waals surface area contributed by atoms with Gasteiger partial charge < -0.3 is 30.0 Å². The van der Waals surface area contributed by atoms with E-state index in [1.807, 2.05) is 0 Å². The standard InChI is InChI=1S/C24H25N5O8S/c1-4-36-23(32)20-13(2)26-24(38)27-21(20)15-7-5-6-8-17(15)37-12-19(30)28-25-11-14-9-16(29(33)34)22(31)18(10-14)35-3/h5-11,21,31H,4,12H2,1-3H3,(H,28,30)(H2,26,27,38)/t21-/m0/s1. The Morgan fingerprint density at radius 2 is 2.03 bits per heavy atom. The maximum atomic E-state index is 12.6. The van der Waals surface area contributed by atoms with Crippen LogP contribution in [0.15, 0.2) is 52.8 Å². The minimum atomic E-state index is -0.771. The van der Waals surface area contributed by atoms with E-state index in [1.165, 1.54) is 13.2 Å². The predicted molar refractivity (Wildman–Crippen MR) is 140 cm³/mol. The number of allylic oxidation sites excluding steroid dienone is 1. The molecule has 38 heavy (non-hydrogen) atoms. The van der Waals surface area contributed by atoms with Crippen molar-refractivity contribution < 1.29 is 33.8 Å². The Kier molecular flexibility index (Phi) is 9.16. The summed E-state index contributed by atoms with van der Waals surface area (Å²) in [6.07, 6.45) is 1.15. The Bertz CT molecular complexity index is 1330. The molecule has 1 aliphatic heterocycles. The van der Waals surface area contributed by atoms with E-state index in [0.717, 1.165) is 12.3 Å².